The zero-order valence-corrected chi connectivity index (χ0v) is 15.6. The van der Waals surface area contributed by atoms with Gasteiger partial charge in [0.05, 0.1) is 20.7 Å². The van der Waals surface area contributed by atoms with Crippen LogP contribution in [0.5, 0.6) is 0 Å². The van der Waals surface area contributed by atoms with Crippen molar-refractivity contribution < 1.29 is 14.3 Å². The van der Waals surface area contributed by atoms with Gasteiger partial charge in [-0.1, -0.05) is 0 Å². The molecule has 0 saturated heterocycles. The van der Waals surface area contributed by atoms with Crippen molar-refractivity contribution in [2.45, 2.75) is 6.42 Å². The lowest BCUT2D eigenvalue weighted by Crippen LogP contribution is -2.34. The van der Waals surface area contributed by atoms with E-state index < -0.39 is 0 Å². The van der Waals surface area contributed by atoms with Crippen LogP contribution in [0.3, 0.4) is 0 Å². The summed E-state index contributed by atoms with van der Waals surface area (Å²) in [4.78, 5) is 14.4. The van der Waals surface area contributed by atoms with Gasteiger partial charge in [-0.25, -0.2) is 0 Å². The molecule has 0 spiro atoms. The molecule has 0 amide bonds. The summed E-state index contributed by atoms with van der Waals surface area (Å²) >= 11 is 8.34. The van der Waals surface area contributed by atoms with Crippen molar-refractivity contribution in [2.24, 2.45) is 0 Å². The Labute approximate surface area is 140 Å². The van der Waals surface area contributed by atoms with E-state index in [9.17, 15) is 4.79 Å². The smallest absolute Gasteiger partial charge is 0.178 e. The molecule has 7 heteroatoms. The van der Waals surface area contributed by atoms with Crippen LogP contribution in [0.4, 0.5) is 0 Å². The SMILES string of the molecule is COCCCN(CCOC)CC(=O)c1cc(Br)sc1Br. The lowest BCUT2D eigenvalue weighted by molar-refractivity contribution is 0.0877. The van der Waals surface area contributed by atoms with Gasteiger partial charge in [-0.2, -0.15) is 0 Å². The van der Waals surface area contributed by atoms with Crippen LogP contribution in [0, 0.1) is 0 Å². The van der Waals surface area contributed by atoms with E-state index in [1.807, 2.05) is 6.07 Å². The predicted molar refractivity (Wildman–Crippen MR) is 88.9 cm³/mol. The third kappa shape index (κ3) is 6.32. The summed E-state index contributed by atoms with van der Waals surface area (Å²) in [5, 5.41) is 0. The van der Waals surface area contributed by atoms with Gasteiger partial charge < -0.3 is 9.47 Å². The summed E-state index contributed by atoms with van der Waals surface area (Å²) in [6.07, 6.45) is 0.905. The number of ether oxygens (including phenoxy) is 2. The molecule has 0 N–H and O–H groups in total. The minimum atomic E-state index is 0.118. The number of Topliss-reactive ketones (excluding diaryl/α,β-unsaturated/α-hetero) is 1. The maximum absolute atomic E-state index is 12.3. The summed E-state index contributed by atoms with van der Waals surface area (Å²) in [6.45, 7) is 3.29. The van der Waals surface area contributed by atoms with Gasteiger partial charge in [-0.3, -0.25) is 9.69 Å². The number of rotatable bonds is 10. The molecule has 1 rings (SSSR count). The molecule has 0 radical (unpaired) electrons. The highest BCUT2D eigenvalue weighted by Crippen LogP contribution is 2.32. The van der Waals surface area contributed by atoms with E-state index in [1.165, 1.54) is 11.3 Å². The van der Waals surface area contributed by atoms with Gasteiger partial charge in [0.15, 0.2) is 5.78 Å². The Balaban J connectivity index is 2.58. The molecular weight excluding hydrogens is 410 g/mol. The lowest BCUT2D eigenvalue weighted by Gasteiger charge is -2.20. The fourth-order valence-electron chi connectivity index (χ4n) is 1.74. The molecule has 20 heavy (non-hydrogen) atoms. The molecule has 1 aromatic rings. The molecule has 0 saturated carbocycles. The number of carbonyl (C=O) groups is 1. The number of hydrogen-bond acceptors (Lipinski definition) is 5. The Morgan fingerprint density at radius 1 is 1.25 bits per heavy atom. The summed E-state index contributed by atoms with van der Waals surface area (Å²) in [5.41, 5.74) is 0.732. The molecule has 0 unspecified atom stereocenters. The largest absolute Gasteiger partial charge is 0.385 e. The maximum Gasteiger partial charge on any atom is 0.178 e. The molecule has 0 bridgehead atoms. The fraction of sp³-hybridized carbons (Fsp3) is 0.615. The average molecular weight is 429 g/mol. The number of nitrogens with zero attached hydrogens (tertiary/aromatic N) is 1. The Hall–Kier alpha value is 0.210. The van der Waals surface area contributed by atoms with Gasteiger partial charge in [0.2, 0.25) is 0 Å². The highest BCUT2D eigenvalue weighted by atomic mass is 79.9. The first-order chi connectivity index (χ1) is 9.58. The van der Waals surface area contributed by atoms with E-state index in [0.29, 0.717) is 19.8 Å². The molecular formula is C13H19Br2NO3S. The molecule has 0 aliphatic heterocycles. The second-order valence-corrected chi connectivity index (χ2v) is 8.03. The van der Waals surface area contributed by atoms with E-state index in [4.69, 9.17) is 9.47 Å². The Morgan fingerprint density at radius 3 is 2.50 bits per heavy atom. The molecule has 1 aromatic heterocycles. The third-order valence-electron chi connectivity index (χ3n) is 2.76. The van der Waals surface area contributed by atoms with Crippen LogP contribution in [0.25, 0.3) is 0 Å². The van der Waals surface area contributed by atoms with Crippen LogP contribution in [0.2, 0.25) is 0 Å². The second kappa shape index (κ2) is 10.0. The number of hydrogen-bond donors (Lipinski definition) is 0. The second-order valence-electron chi connectivity index (χ2n) is 4.28. The van der Waals surface area contributed by atoms with Crippen LogP contribution in [-0.4, -0.2) is 57.8 Å². The molecule has 0 fully saturated rings. The van der Waals surface area contributed by atoms with Gasteiger partial charge in [0.1, 0.15) is 0 Å². The number of halogens is 2. The van der Waals surface area contributed by atoms with Crippen molar-refractivity contribution in [3.05, 3.63) is 19.2 Å². The summed E-state index contributed by atoms with van der Waals surface area (Å²) in [6, 6.07) is 1.86. The minimum Gasteiger partial charge on any atom is -0.385 e. The van der Waals surface area contributed by atoms with Gasteiger partial charge in [-0.15, -0.1) is 11.3 Å². The summed E-state index contributed by atoms with van der Waals surface area (Å²) < 4.78 is 12.0. The van der Waals surface area contributed by atoms with E-state index >= 15 is 0 Å². The van der Waals surface area contributed by atoms with Gasteiger partial charge in [0.25, 0.3) is 0 Å². The molecule has 0 atom stereocenters. The van der Waals surface area contributed by atoms with Gasteiger partial charge in [0, 0.05) is 39.5 Å². The number of carbonyl (C=O) groups excluding carboxylic acids is 1. The zero-order valence-electron chi connectivity index (χ0n) is 11.7. The number of ketones is 1. The highest BCUT2D eigenvalue weighted by molar-refractivity contribution is 9.12. The quantitative estimate of drug-likeness (QED) is 0.422. The zero-order chi connectivity index (χ0) is 15.0. The molecule has 114 valence electrons. The Morgan fingerprint density at radius 2 is 1.95 bits per heavy atom. The van der Waals surface area contributed by atoms with Crippen molar-refractivity contribution >= 4 is 49.0 Å². The third-order valence-corrected chi connectivity index (χ3v) is 5.10. The maximum atomic E-state index is 12.3. The minimum absolute atomic E-state index is 0.118. The normalized spacial score (nSPS) is 11.2. The van der Waals surface area contributed by atoms with E-state index in [2.05, 4.69) is 36.8 Å². The van der Waals surface area contributed by atoms with Crippen molar-refractivity contribution in [3.8, 4) is 0 Å². The van der Waals surface area contributed by atoms with E-state index in [0.717, 1.165) is 32.6 Å². The van der Waals surface area contributed by atoms with Crippen LogP contribution >= 0.6 is 43.2 Å². The standard InChI is InChI=1S/C13H19Br2NO3S/c1-18-6-3-4-16(5-7-19-2)9-11(17)10-8-12(14)20-13(10)15/h8H,3-7,9H2,1-2H3. The molecule has 4 nitrogen and oxygen atoms in total. The topological polar surface area (TPSA) is 38.8 Å². The first kappa shape index (κ1) is 18.3. The monoisotopic (exact) mass is 427 g/mol. The molecule has 0 aliphatic carbocycles. The highest BCUT2D eigenvalue weighted by Gasteiger charge is 2.17. The van der Waals surface area contributed by atoms with E-state index in [-0.39, 0.29) is 5.78 Å². The van der Waals surface area contributed by atoms with Crippen LogP contribution < -0.4 is 0 Å². The number of methoxy groups -OCH3 is 2. The Bertz CT molecular complexity index is 426. The molecule has 0 aliphatic rings. The summed E-state index contributed by atoms with van der Waals surface area (Å²) in [5.74, 6) is 0.118. The van der Waals surface area contributed by atoms with Crippen LogP contribution in [-0.2, 0) is 9.47 Å². The van der Waals surface area contributed by atoms with Gasteiger partial charge >= 0.3 is 0 Å². The van der Waals surface area contributed by atoms with Crippen molar-refractivity contribution in [1.29, 1.82) is 0 Å². The molecule has 0 aromatic carbocycles. The summed E-state index contributed by atoms with van der Waals surface area (Å²) in [7, 11) is 3.35. The number of thiophene rings is 1. The first-order valence-corrected chi connectivity index (χ1v) is 8.67. The lowest BCUT2D eigenvalue weighted by atomic mass is 10.2. The molecule has 1 heterocycles. The van der Waals surface area contributed by atoms with Crippen molar-refractivity contribution in [2.75, 3.05) is 47.1 Å². The fourth-order valence-corrected chi connectivity index (χ4v) is 4.60. The van der Waals surface area contributed by atoms with Crippen LogP contribution in [0.15, 0.2) is 13.6 Å². The Kier molecular flexibility index (Phi) is 9.15. The van der Waals surface area contributed by atoms with Crippen molar-refractivity contribution in [1.82, 2.24) is 4.90 Å². The van der Waals surface area contributed by atoms with Crippen molar-refractivity contribution in [3.63, 3.8) is 0 Å². The van der Waals surface area contributed by atoms with Crippen LogP contribution in [0.1, 0.15) is 16.8 Å². The first-order valence-electron chi connectivity index (χ1n) is 6.26. The predicted octanol–water partition coefficient (Wildman–Crippen LogP) is 3.44. The average Bonchev–Trinajstić information content (AvgIpc) is 2.75. The van der Waals surface area contributed by atoms with Gasteiger partial charge in [-0.05, 0) is 44.3 Å². The van der Waals surface area contributed by atoms with E-state index in [1.54, 1.807) is 14.2 Å².